The second-order valence-corrected chi connectivity index (χ2v) is 6.37. The lowest BCUT2D eigenvalue weighted by molar-refractivity contribution is 0.571. The molecule has 0 fully saturated rings. The highest BCUT2D eigenvalue weighted by atomic mass is 35.5. The van der Waals surface area contributed by atoms with Gasteiger partial charge in [0.1, 0.15) is 0 Å². The van der Waals surface area contributed by atoms with Gasteiger partial charge in [-0.15, -0.1) is 0 Å². The lowest BCUT2D eigenvalue weighted by Gasteiger charge is -2.21. The first-order valence-electron chi connectivity index (χ1n) is 7.72. The molecule has 1 aromatic carbocycles. The number of nitrogens with one attached hydrogen (secondary N) is 1. The molecule has 0 spiro atoms. The van der Waals surface area contributed by atoms with Crippen LogP contribution < -0.4 is 16.8 Å². The third kappa shape index (κ3) is 4.70. The Labute approximate surface area is 139 Å². The first-order valence-corrected chi connectivity index (χ1v) is 8.10. The van der Waals surface area contributed by atoms with Gasteiger partial charge >= 0.3 is 0 Å². The molecule has 0 saturated carbocycles. The van der Waals surface area contributed by atoms with Crippen LogP contribution in [0.2, 0.25) is 5.02 Å². The van der Waals surface area contributed by atoms with Crippen molar-refractivity contribution in [3.8, 4) is 0 Å². The second kappa shape index (κ2) is 8.14. The molecule has 0 aliphatic rings. The summed E-state index contributed by atoms with van der Waals surface area (Å²) < 4.78 is 0. The fourth-order valence-corrected chi connectivity index (χ4v) is 2.39. The number of allylic oxidation sites excluding steroid dienone is 3. The molecular weight excluding hydrogens is 294 g/mol. The van der Waals surface area contributed by atoms with Gasteiger partial charge in [0.15, 0.2) is 0 Å². The summed E-state index contributed by atoms with van der Waals surface area (Å²) in [5.74, 6) is 0.976. The number of benzene rings is 1. The van der Waals surface area contributed by atoms with Crippen molar-refractivity contribution in [3.63, 3.8) is 0 Å². The average molecular weight is 322 g/mol. The Hall–Kier alpha value is -1.61. The van der Waals surface area contributed by atoms with Crippen LogP contribution in [0, 0.1) is 5.92 Å². The lowest BCUT2D eigenvalue weighted by atomic mass is 10.00. The van der Waals surface area contributed by atoms with Crippen LogP contribution in [0.25, 0.3) is 0 Å². The van der Waals surface area contributed by atoms with Gasteiger partial charge in [-0.3, -0.25) is 0 Å². The number of halogens is 1. The van der Waals surface area contributed by atoms with E-state index in [-0.39, 0.29) is 6.04 Å². The third-order valence-corrected chi connectivity index (χ3v) is 4.28. The molecule has 0 bridgehead atoms. The van der Waals surface area contributed by atoms with E-state index in [0.29, 0.717) is 11.7 Å². The maximum Gasteiger partial charge on any atom is 0.0998 e. The highest BCUT2D eigenvalue weighted by molar-refractivity contribution is 6.30. The molecule has 0 heterocycles. The van der Waals surface area contributed by atoms with Crippen molar-refractivity contribution >= 4 is 11.6 Å². The number of rotatable bonds is 6. The minimum absolute atomic E-state index is 0.153. The van der Waals surface area contributed by atoms with Crippen molar-refractivity contribution in [1.82, 2.24) is 5.32 Å². The van der Waals surface area contributed by atoms with Crippen molar-refractivity contribution < 1.29 is 0 Å². The van der Waals surface area contributed by atoms with E-state index in [1.807, 2.05) is 38.1 Å². The van der Waals surface area contributed by atoms with Gasteiger partial charge in [-0.25, -0.2) is 0 Å². The minimum Gasteiger partial charge on any atom is -0.402 e. The van der Waals surface area contributed by atoms with Crippen LogP contribution in [0.4, 0.5) is 0 Å². The zero-order valence-corrected chi connectivity index (χ0v) is 15.0. The summed E-state index contributed by atoms with van der Waals surface area (Å²) in [7, 11) is 0. The number of hydrogen-bond donors (Lipinski definition) is 3. The van der Waals surface area contributed by atoms with E-state index < -0.39 is 0 Å². The Balaban J connectivity index is 3.01. The summed E-state index contributed by atoms with van der Waals surface area (Å²) in [6.07, 6.45) is 0.929. The van der Waals surface area contributed by atoms with Gasteiger partial charge in [-0.1, -0.05) is 44.5 Å². The zero-order valence-electron chi connectivity index (χ0n) is 14.2. The van der Waals surface area contributed by atoms with Crippen LogP contribution in [-0.2, 0) is 0 Å². The quantitative estimate of drug-likeness (QED) is 0.678. The predicted octanol–water partition coefficient (Wildman–Crippen LogP) is 4.46. The van der Waals surface area contributed by atoms with E-state index in [1.54, 1.807) is 0 Å². The Bertz CT molecular complexity index is 556. The normalized spacial score (nSPS) is 15.2. The maximum absolute atomic E-state index is 6.25. The van der Waals surface area contributed by atoms with Crippen molar-refractivity contribution in [3.05, 3.63) is 57.5 Å². The molecule has 0 radical (unpaired) electrons. The highest BCUT2D eigenvalue weighted by Gasteiger charge is 2.12. The van der Waals surface area contributed by atoms with E-state index in [0.717, 1.165) is 28.3 Å². The first-order chi connectivity index (χ1) is 10.3. The molecule has 122 valence electrons. The van der Waals surface area contributed by atoms with Gasteiger partial charge in [0.25, 0.3) is 0 Å². The third-order valence-electron chi connectivity index (χ3n) is 4.03. The fraction of sp³-hybridized carbons (Fsp3) is 0.444. The van der Waals surface area contributed by atoms with E-state index in [2.05, 4.69) is 26.1 Å². The summed E-state index contributed by atoms with van der Waals surface area (Å²) >= 11 is 5.95. The van der Waals surface area contributed by atoms with Gasteiger partial charge in [0.05, 0.1) is 11.9 Å². The maximum atomic E-state index is 6.25. The first kappa shape index (κ1) is 18.4. The van der Waals surface area contributed by atoms with Crippen LogP contribution in [0.1, 0.15) is 52.6 Å². The largest absolute Gasteiger partial charge is 0.402 e. The lowest BCUT2D eigenvalue weighted by Crippen LogP contribution is -2.27. The van der Waals surface area contributed by atoms with Gasteiger partial charge in [-0.2, -0.15) is 0 Å². The van der Waals surface area contributed by atoms with Gasteiger partial charge in [-0.05, 0) is 55.0 Å². The average Bonchev–Trinajstić information content (AvgIpc) is 2.50. The SMILES string of the molecule is CCC(N/C(N)=C(C)/C(C)=C(\N)C(C)C)c1ccc(Cl)cc1. The van der Waals surface area contributed by atoms with Crippen LogP contribution in [0.15, 0.2) is 46.9 Å². The molecule has 0 aromatic heterocycles. The minimum atomic E-state index is 0.153. The van der Waals surface area contributed by atoms with Gasteiger partial charge in [0.2, 0.25) is 0 Å². The van der Waals surface area contributed by atoms with Crippen molar-refractivity contribution in [2.45, 2.75) is 47.1 Å². The molecule has 1 rings (SSSR count). The van der Waals surface area contributed by atoms with Crippen molar-refractivity contribution in [2.75, 3.05) is 0 Å². The van der Waals surface area contributed by atoms with Crippen LogP contribution in [0.5, 0.6) is 0 Å². The van der Waals surface area contributed by atoms with E-state index in [4.69, 9.17) is 23.1 Å². The monoisotopic (exact) mass is 321 g/mol. The van der Waals surface area contributed by atoms with Crippen molar-refractivity contribution in [2.24, 2.45) is 17.4 Å². The molecule has 1 atom stereocenters. The molecule has 0 saturated heterocycles. The molecule has 1 aromatic rings. The zero-order chi connectivity index (χ0) is 16.9. The topological polar surface area (TPSA) is 64.1 Å². The van der Waals surface area contributed by atoms with Crippen LogP contribution >= 0.6 is 11.6 Å². The van der Waals surface area contributed by atoms with E-state index in [9.17, 15) is 0 Å². The van der Waals surface area contributed by atoms with E-state index >= 15 is 0 Å². The summed E-state index contributed by atoms with van der Waals surface area (Å²) in [6, 6.07) is 8.00. The molecule has 4 heteroatoms. The summed E-state index contributed by atoms with van der Waals surface area (Å²) in [5, 5.41) is 4.14. The molecule has 0 aliphatic heterocycles. The fourth-order valence-electron chi connectivity index (χ4n) is 2.26. The highest BCUT2D eigenvalue weighted by Crippen LogP contribution is 2.22. The Morgan fingerprint density at radius 2 is 1.64 bits per heavy atom. The molecule has 3 nitrogen and oxygen atoms in total. The Morgan fingerprint density at radius 3 is 2.09 bits per heavy atom. The van der Waals surface area contributed by atoms with E-state index in [1.165, 1.54) is 5.56 Å². The van der Waals surface area contributed by atoms with Gasteiger partial charge < -0.3 is 16.8 Å². The molecule has 22 heavy (non-hydrogen) atoms. The molecule has 5 N–H and O–H groups in total. The van der Waals surface area contributed by atoms with Gasteiger partial charge in [0, 0.05) is 10.7 Å². The molecule has 0 aliphatic carbocycles. The predicted molar refractivity (Wildman–Crippen MR) is 96.2 cm³/mol. The molecular formula is C18H28ClN3. The second-order valence-electron chi connectivity index (χ2n) is 5.93. The van der Waals surface area contributed by atoms with Crippen LogP contribution in [-0.4, -0.2) is 0 Å². The summed E-state index contributed by atoms with van der Waals surface area (Å²) in [4.78, 5) is 0. The number of nitrogens with two attached hydrogens (primary N) is 2. The standard InChI is InChI=1S/C18H28ClN3/c1-6-16(14-7-9-15(19)10-8-14)22-18(21)13(5)12(4)17(20)11(2)3/h7-11,16,22H,6,20-21H2,1-5H3/b17-12-,18-13+. The van der Waals surface area contributed by atoms with Crippen LogP contribution in [0.3, 0.4) is 0 Å². The smallest absolute Gasteiger partial charge is 0.0998 e. The summed E-state index contributed by atoms with van der Waals surface area (Å²) in [5.41, 5.74) is 16.5. The molecule has 0 amide bonds. The molecule has 1 unspecified atom stereocenters. The van der Waals surface area contributed by atoms with Crippen molar-refractivity contribution in [1.29, 1.82) is 0 Å². The summed E-state index contributed by atoms with van der Waals surface area (Å²) in [6.45, 7) is 10.3. The Morgan fingerprint density at radius 1 is 1.09 bits per heavy atom. The Kier molecular flexibility index (Phi) is 6.82. The number of hydrogen-bond acceptors (Lipinski definition) is 3.